The highest BCUT2D eigenvalue weighted by Gasteiger charge is 2.17. The molecular weight excluding hydrogens is 379 g/mol. The topological polar surface area (TPSA) is 92.4 Å². The van der Waals surface area contributed by atoms with Gasteiger partial charge in [-0.3, -0.25) is 9.59 Å². The molecule has 1 aromatic heterocycles. The summed E-state index contributed by atoms with van der Waals surface area (Å²) in [6.07, 6.45) is 3.29. The standard InChI is InChI=1S/C18H20Cl2N2O4/c1-2-3-11(18(24)25)9-21-16(23)6-7-17-22-10-15(26-17)13-5-4-12(19)8-14(13)20/h4-5,8,10-11H,2-3,6-7,9H2,1H3,(H,21,23)(H,24,25). The van der Waals surface area contributed by atoms with E-state index >= 15 is 0 Å². The molecule has 26 heavy (non-hydrogen) atoms. The quantitative estimate of drug-likeness (QED) is 0.660. The van der Waals surface area contributed by atoms with Gasteiger partial charge in [0.2, 0.25) is 5.91 Å². The Balaban J connectivity index is 1.87. The van der Waals surface area contributed by atoms with Gasteiger partial charge in [0.15, 0.2) is 11.7 Å². The fourth-order valence-corrected chi connectivity index (χ4v) is 2.95. The summed E-state index contributed by atoms with van der Waals surface area (Å²) < 4.78 is 5.63. The Kier molecular flexibility index (Phi) is 7.48. The smallest absolute Gasteiger partial charge is 0.308 e. The van der Waals surface area contributed by atoms with E-state index in [2.05, 4.69) is 10.3 Å². The third kappa shape index (κ3) is 5.75. The lowest BCUT2D eigenvalue weighted by molar-refractivity contribution is -0.141. The van der Waals surface area contributed by atoms with Crippen LogP contribution in [0.5, 0.6) is 0 Å². The zero-order valence-electron chi connectivity index (χ0n) is 14.3. The number of amides is 1. The number of carbonyl (C=O) groups excluding carboxylic acids is 1. The van der Waals surface area contributed by atoms with E-state index in [-0.39, 0.29) is 18.9 Å². The number of carboxylic acid groups (broad SMARTS) is 1. The number of aryl methyl sites for hydroxylation is 1. The van der Waals surface area contributed by atoms with Crippen molar-refractivity contribution in [2.45, 2.75) is 32.6 Å². The summed E-state index contributed by atoms with van der Waals surface area (Å²) in [6, 6.07) is 5.05. The number of benzene rings is 1. The van der Waals surface area contributed by atoms with Crippen LogP contribution in [0.3, 0.4) is 0 Å². The molecule has 8 heteroatoms. The number of rotatable bonds is 9. The van der Waals surface area contributed by atoms with Gasteiger partial charge in [-0.15, -0.1) is 0 Å². The molecule has 0 radical (unpaired) electrons. The lowest BCUT2D eigenvalue weighted by Crippen LogP contribution is -2.33. The van der Waals surface area contributed by atoms with Crippen LogP contribution in [0, 0.1) is 5.92 Å². The lowest BCUT2D eigenvalue weighted by atomic mass is 10.0. The number of halogens is 2. The van der Waals surface area contributed by atoms with Crippen LogP contribution >= 0.6 is 23.2 Å². The predicted octanol–water partition coefficient (Wildman–Crippen LogP) is 4.20. The summed E-state index contributed by atoms with van der Waals surface area (Å²) in [6.45, 7) is 2.03. The Morgan fingerprint density at radius 1 is 1.35 bits per heavy atom. The number of nitrogens with one attached hydrogen (secondary N) is 1. The monoisotopic (exact) mass is 398 g/mol. The maximum Gasteiger partial charge on any atom is 0.308 e. The number of oxazole rings is 1. The molecule has 0 bridgehead atoms. The molecule has 0 saturated carbocycles. The van der Waals surface area contributed by atoms with E-state index in [1.54, 1.807) is 24.4 Å². The first-order valence-corrected chi connectivity index (χ1v) is 9.06. The van der Waals surface area contributed by atoms with E-state index in [4.69, 9.17) is 32.7 Å². The van der Waals surface area contributed by atoms with Crippen molar-refractivity contribution in [1.29, 1.82) is 0 Å². The van der Waals surface area contributed by atoms with Crippen LogP contribution < -0.4 is 5.32 Å². The van der Waals surface area contributed by atoms with Crippen molar-refractivity contribution >= 4 is 35.1 Å². The van der Waals surface area contributed by atoms with Gasteiger partial charge in [0.05, 0.1) is 17.1 Å². The molecule has 1 amide bonds. The van der Waals surface area contributed by atoms with Crippen molar-refractivity contribution in [3.8, 4) is 11.3 Å². The first kappa shape index (κ1) is 20.3. The van der Waals surface area contributed by atoms with Crippen LogP contribution in [0.25, 0.3) is 11.3 Å². The van der Waals surface area contributed by atoms with Crippen LogP contribution in [0.1, 0.15) is 32.1 Å². The molecule has 2 aromatic rings. The molecule has 1 unspecified atom stereocenters. The van der Waals surface area contributed by atoms with Crippen molar-refractivity contribution in [2.24, 2.45) is 5.92 Å². The van der Waals surface area contributed by atoms with E-state index < -0.39 is 11.9 Å². The van der Waals surface area contributed by atoms with E-state index in [1.165, 1.54) is 0 Å². The molecular formula is C18H20Cl2N2O4. The number of hydrogen-bond acceptors (Lipinski definition) is 4. The van der Waals surface area contributed by atoms with Crippen molar-refractivity contribution < 1.29 is 19.1 Å². The van der Waals surface area contributed by atoms with E-state index in [0.717, 1.165) is 6.42 Å². The van der Waals surface area contributed by atoms with Gasteiger partial charge in [-0.05, 0) is 24.6 Å². The highest BCUT2D eigenvalue weighted by molar-refractivity contribution is 6.36. The molecule has 1 aromatic carbocycles. The van der Waals surface area contributed by atoms with Gasteiger partial charge in [-0.1, -0.05) is 36.5 Å². The Hall–Kier alpha value is -2.05. The average molecular weight is 399 g/mol. The average Bonchev–Trinajstić information content (AvgIpc) is 3.05. The number of carboxylic acids is 1. The van der Waals surface area contributed by atoms with Gasteiger partial charge >= 0.3 is 5.97 Å². The summed E-state index contributed by atoms with van der Waals surface area (Å²) in [7, 11) is 0. The molecule has 0 saturated heterocycles. The van der Waals surface area contributed by atoms with Gasteiger partial charge < -0.3 is 14.8 Å². The third-order valence-corrected chi connectivity index (χ3v) is 4.40. The van der Waals surface area contributed by atoms with Gasteiger partial charge in [0.1, 0.15) is 0 Å². The zero-order chi connectivity index (χ0) is 19.1. The number of aliphatic carboxylic acids is 1. The van der Waals surface area contributed by atoms with Gasteiger partial charge in [0.25, 0.3) is 0 Å². The predicted molar refractivity (Wildman–Crippen MR) is 99.3 cm³/mol. The third-order valence-electron chi connectivity index (χ3n) is 3.85. The first-order valence-electron chi connectivity index (χ1n) is 8.30. The number of hydrogen-bond donors (Lipinski definition) is 2. The fraction of sp³-hybridized carbons (Fsp3) is 0.389. The van der Waals surface area contributed by atoms with E-state index in [1.807, 2.05) is 6.92 Å². The van der Waals surface area contributed by atoms with Crippen molar-refractivity contribution in [2.75, 3.05) is 6.54 Å². The molecule has 2 N–H and O–H groups in total. The molecule has 0 aliphatic rings. The molecule has 6 nitrogen and oxygen atoms in total. The molecule has 0 aliphatic heterocycles. The summed E-state index contributed by atoms with van der Waals surface area (Å²) in [5.74, 6) is -0.800. The second-order valence-electron chi connectivity index (χ2n) is 5.87. The highest BCUT2D eigenvalue weighted by atomic mass is 35.5. The normalized spacial score (nSPS) is 12.0. The van der Waals surface area contributed by atoms with Crippen LogP contribution in [0.15, 0.2) is 28.8 Å². The Bertz CT molecular complexity index is 776. The fourth-order valence-electron chi connectivity index (χ4n) is 2.45. The largest absolute Gasteiger partial charge is 0.481 e. The summed E-state index contributed by atoms with van der Waals surface area (Å²) in [5.41, 5.74) is 0.670. The van der Waals surface area contributed by atoms with Crippen LogP contribution in [-0.4, -0.2) is 28.5 Å². The molecule has 140 valence electrons. The van der Waals surface area contributed by atoms with Crippen molar-refractivity contribution in [1.82, 2.24) is 10.3 Å². The Morgan fingerprint density at radius 2 is 2.12 bits per heavy atom. The Morgan fingerprint density at radius 3 is 2.77 bits per heavy atom. The highest BCUT2D eigenvalue weighted by Crippen LogP contribution is 2.30. The van der Waals surface area contributed by atoms with Crippen molar-refractivity contribution in [3.63, 3.8) is 0 Å². The SMILES string of the molecule is CCCC(CNC(=O)CCc1ncc(-c2ccc(Cl)cc2Cl)o1)C(=O)O. The number of aromatic nitrogens is 1. The van der Waals surface area contributed by atoms with Gasteiger partial charge in [-0.2, -0.15) is 0 Å². The first-order chi connectivity index (χ1) is 12.4. The zero-order valence-corrected chi connectivity index (χ0v) is 15.8. The minimum absolute atomic E-state index is 0.124. The second kappa shape index (κ2) is 9.59. The number of carbonyl (C=O) groups is 2. The maximum absolute atomic E-state index is 11.9. The van der Waals surface area contributed by atoms with E-state index in [0.29, 0.717) is 40.1 Å². The lowest BCUT2D eigenvalue weighted by Gasteiger charge is -2.11. The van der Waals surface area contributed by atoms with Gasteiger partial charge in [-0.25, -0.2) is 4.98 Å². The van der Waals surface area contributed by atoms with Crippen LogP contribution in [0.4, 0.5) is 0 Å². The van der Waals surface area contributed by atoms with E-state index in [9.17, 15) is 9.59 Å². The second-order valence-corrected chi connectivity index (χ2v) is 6.71. The molecule has 1 atom stereocenters. The van der Waals surface area contributed by atoms with Crippen LogP contribution in [0.2, 0.25) is 10.0 Å². The minimum Gasteiger partial charge on any atom is -0.481 e. The minimum atomic E-state index is -0.899. The number of nitrogens with zero attached hydrogens (tertiary/aromatic N) is 1. The van der Waals surface area contributed by atoms with Gasteiger partial charge in [0, 0.05) is 30.0 Å². The summed E-state index contributed by atoms with van der Waals surface area (Å²) >= 11 is 12.0. The summed E-state index contributed by atoms with van der Waals surface area (Å²) in [4.78, 5) is 27.1. The molecule has 0 aliphatic carbocycles. The molecule has 2 rings (SSSR count). The molecule has 0 spiro atoms. The Labute approximate surface area is 161 Å². The maximum atomic E-state index is 11.9. The van der Waals surface area contributed by atoms with Crippen molar-refractivity contribution in [3.05, 3.63) is 40.3 Å². The summed E-state index contributed by atoms with van der Waals surface area (Å²) in [5, 5.41) is 12.7. The molecule has 0 fully saturated rings. The van der Waals surface area contributed by atoms with Crippen LogP contribution in [-0.2, 0) is 16.0 Å². The molecule has 1 heterocycles.